The number of nitrogen functional groups attached to an aromatic ring is 1. The predicted octanol–water partition coefficient (Wildman–Crippen LogP) is 2.46. The second-order valence-electron chi connectivity index (χ2n) is 4.29. The molecule has 88 valence electrons. The SMILES string of the molecule is Cc1cc(CCc2cccc(N)c2)nc(C)n1. The average molecular weight is 227 g/mol. The van der Waals surface area contributed by atoms with Gasteiger partial charge in [0, 0.05) is 17.1 Å². The molecule has 0 unspecified atom stereocenters. The van der Waals surface area contributed by atoms with Crippen molar-refractivity contribution < 1.29 is 0 Å². The Kier molecular flexibility index (Phi) is 3.38. The molecule has 0 bridgehead atoms. The Hall–Kier alpha value is -1.90. The second kappa shape index (κ2) is 4.95. The molecule has 0 fully saturated rings. The molecule has 0 radical (unpaired) electrons. The van der Waals surface area contributed by atoms with E-state index in [0.29, 0.717) is 0 Å². The summed E-state index contributed by atoms with van der Waals surface area (Å²) in [4.78, 5) is 8.70. The zero-order chi connectivity index (χ0) is 12.3. The molecule has 17 heavy (non-hydrogen) atoms. The Morgan fingerprint density at radius 2 is 1.88 bits per heavy atom. The molecule has 1 aromatic carbocycles. The van der Waals surface area contributed by atoms with Gasteiger partial charge in [0.25, 0.3) is 0 Å². The fourth-order valence-electron chi connectivity index (χ4n) is 1.94. The molecule has 0 aliphatic carbocycles. The number of benzene rings is 1. The summed E-state index contributed by atoms with van der Waals surface area (Å²) in [7, 11) is 0. The summed E-state index contributed by atoms with van der Waals surface area (Å²) >= 11 is 0. The number of rotatable bonds is 3. The van der Waals surface area contributed by atoms with Crippen LogP contribution in [-0.2, 0) is 12.8 Å². The van der Waals surface area contributed by atoms with E-state index < -0.39 is 0 Å². The van der Waals surface area contributed by atoms with E-state index in [-0.39, 0.29) is 0 Å². The minimum atomic E-state index is 0.817. The Morgan fingerprint density at radius 3 is 2.59 bits per heavy atom. The second-order valence-corrected chi connectivity index (χ2v) is 4.29. The monoisotopic (exact) mass is 227 g/mol. The highest BCUT2D eigenvalue weighted by molar-refractivity contribution is 5.40. The van der Waals surface area contributed by atoms with Gasteiger partial charge in [-0.05, 0) is 50.5 Å². The van der Waals surface area contributed by atoms with Crippen LogP contribution in [-0.4, -0.2) is 9.97 Å². The third kappa shape index (κ3) is 3.28. The topological polar surface area (TPSA) is 51.8 Å². The molecule has 0 aliphatic rings. The van der Waals surface area contributed by atoms with E-state index in [1.807, 2.05) is 38.1 Å². The third-order valence-corrected chi connectivity index (χ3v) is 2.64. The minimum absolute atomic E-state index is 0.817. The molecule has 2 N–H and O–H groups in total. The van der Waals surface area contributed by atoms with Gasteiger partial charge in [0.15, 0.2) is 0 Å². The van der Waals surface area contributed by atoms with Gasteiger partial charge in [0.05, 0.1) is 0 Å². The molecule has 0 saturated carbocycles. The van der Waals surface area contributed by atoms with Crippen molar-refractivity contribution >= 4 is 5.69 Å². The first-order chi connectivity index (χ1) is 8.13. The van der Waals surface area contributed by atoms with Gasteiger partial charge >= 0.3 is 0 Å². The first kappa shape index (κ1) is 11.6. The van der Waals surface area contributed by atoms with Crippen LogP contribution in [0.15, 0.2) is 30.3 Å². The molecule has 0 saturated heterocycles. The van der Waals surface area contributed by atoms with Crippen molar-refractivity contribution in [1.29, 1.82) is 0 Å². The number of hydrogen-bond donors (Lipinski definition) is 1. The molecule has 0 spiro atoms. The molecule has 1 heterocycles. The van der Waals surface area contributed by atoms with Crippen molar-refractivity contribution in [2.75, 3.05) is 5.73 Å². The largest absolute Gasteiger partial charge is 0.399 e. The van der Waals surface area contributed by atoms with E-state index in [4.69, 9.17) is 5.73 Å². The standard InChI is InChI=1S/C14H17N3/c1-10-8-14(17-11(2)16-10)7-6-12-4-3-5-13(15)9-12/h3-5,8-9H,6-7,15H2,1-2H3. The fourth-order valence-corrected chi connectivity index (χ4v) is 1.94. The van der Waals surface area contributed by atoms with Gasteiger partial charge in [-0.15, -0.1) is 0 Å². The van der Waals surface area contributed by atoms with Gasteiger partial charge in [-0.2, -0.15) is 0 Å². The summed E-state index contributed by atoms with van der Waals surface area (Å²) in [5.41, 5.74) is 9.94. The van der Waals surface area contributed by atoms with Crippen molar-refractivity contribution in [3.8, 4) is 0 Å². The molecule has 0 amide bonds. The quantitative estimate of drug-likeness (QED) is 0.819. The highest BCUT2D eigenvalue weighted by Crippen LogP contribution is 2.10. The molecule has 1 aromatic heterocycles. The zero-order valence-corrected chi connectivity index (χ0v) is 10.3. The smallest absolute Gasteiger partial charge is 0.125 e. The van der Waals surface area contributed by atoms with Gasteiger partial charge < -0.3 is 5.73 Å². The molecule has 0 atom stereocenters. The Labute approximate surface area is 102 Å². The number of nitrogens with zero attached hydrogens (tertiary/aromatic N) is 2. The molecule has 0 aliphatic heterocycles. The van der Waals surface area contributed by atoms with Crippen molar-refractivity contribution in [2.24, 2.45) is 0 Å². The van der Waals surface area contributed by atoms with Crippen LogP contribution in [0.1, 0.15) is 22.8 Å². The van der Waals surface area contributed by atoms with Crippen LogP contribution in [0.2, 0.25) is 0 Å². The summed E-state index contributed by atoms with van der Waals surface area (Å²) in [6.45, 7) is 3.93. The van der Waals surface area contributed by atoms with Gasteiger partial charge in [0.1, 0.15) is 5.82 Å². The lowest BCUT2D eigenvalue weighted by molar-refractivity contribution is 0.869. The van der Waals surface area contributed by atoms with E-state index in [1.165, 1.54) is 5.56 Å². The van der Waals surface area contributed by atoms with Crippen molar-refractivity contribution in [1.82, 2.24) is 9.97 Å². The lowest BCUT2D eigenvalue weighted by atomic mass is 10.1. The summed E-state index contributed by atoms with van der Waals surface area (Å²) in [6.07, 6.45) is 1.88. The molecule has 2 aromatic rings. The van der Waals surface area contributed by atoms with Gasteiger partial charge in [-0.25, -0.2) is 9.97 Å². The van der Waals surface area contributed by atoms with Gasteiger partial charge in [-0.3, -0.25) is 0 Å². The molecular weight excluding hydrogens is 210 g/mol. The van der Waals surface area contributed by atoms with Crippen LogP contribution < -0.4 is 5.73 Å². The van der Waals surface area contributed by atoms with Crippen molar-refractivity contribution in [3.05, 3.63) is 53.1 Å². The normalized spacial score (nSPS) is 10.5. The Balaban J connectivity index is 2.07. The van der Waals surface area contributed by atoms with Crippen LogP contribution in [0.4, 0.5) is 5.69 Å². The van der Waals surface area contributed by atoms with Crippen LogP contribution in [0.5, 0.6) is 0 Å². The summed E-state index contributed by atoms with van der Waals surface area (Å²) in [6, 6.07) is 10.0. The predicted molar refractivity (Wildman–Crippen MR) is 69.8 cm³/mol. The number of anilines is 1. The van der Waals surface area contributed by atoms with Gasteiger partial charge in [-0.1, -0.05) is 12.1 Å². The van der Waals surface area contributed by atoms with Crippen LogP contribution in [0, 0.1) is 13.8 Å². The number of nitrogens with two attached hydrogens (primary N) is 1. The first-order valence-corrected chi connectivity index (χ1v) is 5.79. The maximum Gasteiger partial charge on any atom is 0.125 e. The highest BCUT2D eigenvalue weighted by Gasteiger charge is 2.00. The summed E-state index contributed by atoms with van der Waals surface area (Å²) < 4.78 is 0. The Bertz CT molecular complexity index is 500. The fraction of sp³-hybridized carbons (Fsp3) is 0.286. The van der Waals surface area contributed by atoms with E-state index in [0.717, 1.165) is 35.7 Å². The minimum Gasteiger partial charge on any atom is -0.399 e. The summed E-state index contributed by atoms with van der Waals surface area (Å²) in [5.74, 6) is 0.840. The van der Waals surface area contributed by atoms with E-state index >= 15 is 0 Å². The maximum atomic E-state index is 5.75. The number of aromatic nitrogens is 2. The van der Waals surface area contributed by atoms with Crippen molar-refractivity contribution in [2.45, 2.75) is 26.7 Å². The Morgan fingerprint density at radius 1 is 1.06 bits per heavy atom. The molecule has 3 heteroatoms. The van der Waals surface area contributed by atoms with Gasteiger partial charge in [0.2, 0.25) is 0 Å². The van der Waals surface area contributed by atoms with Crippen LogP contribution >= 0.6 is 0 Å². The average Bonchev–Trinajstić information content (AvgIpc) is 2.25. The van der Waals surface area contributed by atoms with E-state index in [9.17, 15) is 0 Å². The first-order valence-electron chi connectivity index (χ1n) is 5.79. The van der Waals surface area contributed by atoms with Crippen LogP contribution in [0.3, 0.4) is 0 Å². The lowest BCUT2D eigenvalue weighted by Gasteiger charge is -2.04. The van der Waals surface area contributed by atoms with Crippen LogP contribution in [0.25, 0.3) is 0 Å². The zero-order valence-electron chi connectivity index (χ0n) is 10.3. The number of hydrogen-bond acceptors (Lipinski definition) is 3. The molecular formula is C14H17N3. The van der Waals surface area contributed by atoms with E-state index in [1.54, 1.807) is 0 Å². The molecule has 2 rings (SSSR count). The molecule has 3 nitrogen and oxygen atoms in total. The maximum absolute atomic E-state index is 5.75. The van der Waals surface area contributed by atoms with Crippen molar-refractivity contribution in [3.63, 3.8) is 0 Å². The summed E-state index contributed by atoms with van der Waals surface area (Å²) in [5, 5.41) is 0. The third-order valence-electron chi connectivity index (χ3n) is 2.64. The number of aryl methyl sites for hydroxylation is 4. The van der Waals surface area contributed by atoms with E-state index in [2.05, 4.69) is 16.0 Å². The lowest BCUT2D eigenvalue weighted by Crippen LogP contribution is -2.00. The highest BCUT2D eigenvalue weighted by atomic mass is 14.9.